The highest BCUT2D eigenvalue weighted by Crippen LogP contribution is 2.10. The summed E-state index contributed by atoms with van der Waals surface area (Å²) in [6.07, 6.45) is 3.45. The maximum absolute atomic E-state index is 11.8. The average Bonchev–Trinajstić information content (AvgIpc) is 2.40. The summed E-state index contributed by atoms with van der Waals surface area (Å²) < 4.78 is 0. The zero-order valence-electron chi connectivity index (χ0n) is 10.1. The summed E-state index contributed by atoms with van der Waals surface area (Å²) in [7, 11) is 0. The van der Waals surface area contributed by atoms with Crippen LogP contribution >= 0.6 is 0 Å². The predicted octanol–water partition coefficient (Wildman–Crippen LogP) is 2.96. The van der Waals surface area contributed by atoms with E-state index < -0.39 is 0 Å². The van der Waals surface area contributed by atoms with Crippen molar-refractivity contribution >= 4 is 11.7 Å². The summed E-state index contributed by atoms with van der Waals surface area (Å²) in [6.45, 7) is 1.92. The van der Waals surface area contributed by atoms with Crippen molar-refractivity contribution in [3.63, 3.8) is 0 Å². The van der Waals surface area contributed by atoms with Crippen LogP contribution in [0.4, 0.5) is 10.5 Å². The topological polar surface area (TPSA) is 54.0 Å². The maximum Gasteiger partial charge on any atom is 0.319 e. The second-order valence-electron chi connectivity index (χ2n) is 3.97. The highest BCUT2D eigenvalue weighted by molar-refractivity contribution is 5.89. The van der Waals surface area contributed by atoms with Crippen LogP contribution in [0.5, 0.6) is 0 Å². The molecule has 1 aromatic heterocycles. The molecule has 92 valence electrons. The van der Waals surface area contributed by atoms with Gasteiger partial charge in [0.05, 0.1) is 6.04 Å². The minimum atomic E-state index is -0.224. The first kappa shape index (κ1) is 12.1. The molecule has 0 radical (unpaired) electrons. The van der Waals surface area contributed by atoms with Gasteiger partial charge in [0.1, 0.15) is 0 Å². The number of amides is 2. The number of nitrogens with one attached hydrogen (secondary N) is 2. The molecule has 1 aromatic carbocycles. The molecule has 0 bridgehead atoms. The van der Waals surface area contributed by atoms with E-state index in [1.165, 1.54) is 0 Å². The number of hydrogen-bond acceptors (Lipinski definition) is 2. The smallest absolute Gasteiger partial charge is 0.319 e. The second kappa shape index (κ2) is 5.82. The molecule has 0 fully saturated rings. The van der Waals surface area contributed by atoms with Gasteiger partial charge in [0.2, 0.25) is 0 Å². The lowest BCUT2D eigenvalue weighted by molar-refractivity contribution is 0.249. The third kappa shape index (κ3) is 3.31. The van der Waals surface area contributed by atoms with Gasteiger partial charge in [0.25, 0.3) is 0 Å². The standard InChI is InChI=1S/C14H15N3O/c1-11(12-6-5-9-15-10-12)16-14(18)17-13-7-3-2-4-8-13/h2-11H,1H3,(H2,16,17,18)/t11-/m0/s1. The SMILES string of the molecule is C[C@H](NC(=O)Nc1ccccc1)c1cccnc1. The van der Waals surface area contributed by atoms with Crippen LogP contribution < -0.4 is 10.6 Å². The zero-order valence-corrected chi connectivity index (χ0v) is 10.1. The van der Waals surface area contributed by atoms with Gasteiger partial charge in [0.15, 0.2) is 0 Å². The van der Waals surface area contributed by atoms with Crippen LogP contribution in [-0.2, 0) is 0 Å². The summed E-state index contributed by atoms with van der Waals surface area (Å²) in [5, 5.41) is 5.63. The van der Waals surface area contributed by atoms with Crippen molar-refractivity contribution in [1.82, 2.24) is 10.3 Å². The number of anilines is 1. The number of benzene rings is 1. The summed E-state index contributed by atoms with van der Waals surface area (Å²) in [6, 6.07) is 12.8. The number of carbonyl (C=O) groups excluding carboxylic acids is 1. The van der Waals surface area contributed by atoms with Crippen molar-refractivity contribution in [3.8, 4) is 0 Å². The number of aromatic nitrogens is 1. The van der Waals surface area contributed by atoms with Gasteiger partial charge >= 0.3 is 6.03 Å². The Balaban J connectivity index is 1.92. The van der Waals surface area contributed by atoms with E-state index in [0.29, 0.717) is 0 Å². The second-order valence-corrected chi connectivity index (χ2v) is 3.97. The summed E-state index contributed by atoms with van der Waals surface area (Å²) in [5.74, 6) is 0. The normalized spacial score (nSPS) is 11.6. The van der Waals surface area contributed by atoms with E-state index >= 15 is 0 Å². The average molecular weight is 241 g/mol. The quantitative estimate of drug-likeness (QED) is 0.868. The first-order valence-electron chi connectivity index (χ1n) is 5.78. The molecule has 2 N–H and O–H groups in total. The van der Waals surface area contributed by atoms with E-state index in [1.54, 1.807) is 12.4 Å². The van der Waals surface area contributed by atoms with Crippen molar-refractivity contribution in [2.75, 3.05) is 5.32 Å². The van der Waals surface area contributed by atoms with Crippen LogP contribution in [0.2, 0.25) is 0 Å². The lowest BCUT2D eigenvalue weighted by atomic mass is 10.1. The zero-order chi connectivity index (χ0) is 12.8. The van der Waals surface area contributed by atoms with Gasteiger partial charge in [-0.3, -0.25) is 4.98 Å². The molecule has 0 spiro atoms. The number of nitrogens with zero attached hydrogens (tertiary/aromatic N) is 1. The van der Waals surface area contributed by atoms with E-state index in [-0.39, 0.29) is 12.1 Å². The van der Waals surface area contributed by atoms with Crippen LogP contribution in [0.1, 0.15) is 18.5 Å². The number of hydrogen-bond donors (Lipinski definition) is 2. The first-order valence-corrected chi connectivity index (χ1v) is 5.78. The third-order valence-corrected chi connectivity index (χ3v) is 2.56. The van der Waals surface area contributed by atoms with E-state index in [2.05, 4.69) is 15.6 Å². The Morgan fingerprint density at radius 1 is 1.17 bits per heavy atom. The van der Waals surface area contributed by atoms with Crippen molar-refractivity contribution in [2.24, 2.45) is 0 Å². The highest BCUT2D eigenvalue weighted by Gasteiger charge is 2.08. The Morgan fingerprint density at radius 2 is 1.94 bits per heavy atom. The molecule has 0 aliphatic rings. The van der Waals surface area contributed by atoms with E-state index in [0.717, 1.165) is 11.3 Å². The molecule has 1 heterocycles. The number of urea groups is 1. The molecular weight excluding hydrogens is 226 g/mol. The Labute approximate surface area is 106 Å². The number of rotatable bonds is 3. The van der Waals surface area contributed by atoms with Crippen LogP contribution in [0.15, 0.2) is 54.9 Å². The molecule has 0 aliphatic heterocycles. The van der Waals surface area contributed by atoms with Gasteiger partial charge in [-0.1, -0.05) is 24.3 Å². The van der Waals surface area contributed by atoms with Gasteiger partial charge in [-0.2, -0.15) is 0 Å². The molecule has 2 amide bonds. The Morgan fingerprint density at radius 3 is 2.61 bits per heavy atom. The Hall–Kier alpha value is -2.36. The van der Waals surface area contributed by atoms with Gasteiger partial charge in [-0.05, 0) is 30.7 Å². The molecule has 2 aromatic rings. The molecule has 1 atom stereocenters. The fraction of sp³-hybridized carbons (Fsp3) is 0.143. The maximum atomic E-state index is 11.8. The van der Waals surface area contributed by atoms with Crippen LogP contribution in [0.3, 0.4) is 0 Å². The fourth-order valence-corrected chi connectivity index (χ4v) is 1.60. The lowest BCUT2D eigenvalue weighted by Crippen LogP contribution is -2.31. The van der Waals surface area contributed by atoms with Crippen LogP contribution in [-0.4, -0.2) is 11.0 Å². The summed E-state index contributed by atoms with van der Waals surface area (Å²) >= 11 is 0. The molecule has 18 heavy (non-hydrogen) atoms. The minimum absolute atomic E-state index is 0.0811. The van der Waals surface area contributed by atoms with Crippen molar-refractivity contribution < 1.29 is 4.79 Å². The Kier molecular flexibility index (Phi) is 3.91. The van der Waals surface area contributed by atoms with Gasteiger partial charge in [0, 0.05) is 18.1 Å². The van der Waals surface area contributed by atoms with E-state index in [9.17, 15) is 4.79 Å². The van der Waals surface area contributed by atoms with Crippen LogP contribution in [0, 0.1) is 0 Å². The highest BCUT2D eigenvalue weighted by atomic mass is 16.2. The van der Waals surface area contributed by atoms with Crippen molar-refractivity contribution in [2.45, 2.75) is 13.0 Å². The molecule has 2 rings (SSSR count). The lowest BCUT2D eigenvalue weighted by Gasteiger charge is -2.14. The molecule has 4 nitrogen and oxygen atoms in total. The van der Waals surface area contributed by atoms with E-state index in [1.807, 2.05) is 49.4 Å². The number of para-hydroxylation sites is 1. The van der Waals surface area contributed by atoms with Gasteiger partial charge < -0.3 is 10.6 Å². The molecule has 0 aliphatic carbocycles. The summed E-state index contributed by atoms with van der Waals surface area (Å²) in [5.41, 5.74) is 1.74. The van der Waals surface area contributed by atoms with Crippen molar-refractivity contribution in [3.05, 3.63) is 60.4 Å². The monoisotopic (exact) mass is 241 g/mol. The first-order chi connectivity index (χ1) is 8.75. The van der Waals surface area contributed by atoms with Crippen molar-refractivity contribution in [1.29, 1.82) is 0 Å². The van der Waals surface area contributed by atoms with Gasteiger partial charge in [-0.15, -0.1) is 0 Å². The minimum Gasteiger partial charge on any atom is -0.331 e. The molecule has 0 saturated heterocycles. The number of carbonyl (C=O) groups is 1. The molecular formula is C14H15N3O. The van der Waals surface area contributed by atoms with Crippen LogP contribution in [0.25, 0.3) is 0 Å². The van der Waals surface area contributed by atoms with E-state index in [4.69, 9.17) is 0 Å². The number of pyridine rings is 1. The third-order valence-electron chi connectivity index (χ3n) is 2.56. The molecule has 0 unspecified atom stereocenters. The molecule has 0 saturated carbocycles. The fourth-order valence-electron chi connectivity index (χ4n) is 1.60. The van der Waals surface area contributed by atoms with Gasteiger partial charge in [-0.25, -0.2) is 4.79 Å². The molecule has 4 heteroatoms. The Bertz CT molecular complexity index is 499. The summed E-state index contributed by atoms with van der Waals surface area (Å²) in [4.78, 5) is 15.8. The largest absolute Gasteiger partial charge is 0.331 e. The predicted molar refractivity (Wildman–Crippen MR) is 71.2 cm³/mol.